The third-order valence-electron chi connectivity index (χ3n) is 3.58. The minimum atomic E-state index is -0.878. The van der Waals surface area contributed by atoms with Gasteiger partial charge in [-0.2, -0.15) is 0 Å². The zero-order chi connectivity index (χ0) is 14.6. The van der Waals surface area contributed by atoms with Gasteiger partial charge >= 0.3 is 6.09 Å². The first-order valence-electron chi connectivity index (χ1n) is 6.67. The molecule has 1 rings (SSSR count). The lowest BCUT2D eigenvalue weighted by Gasteiger charge is -2.38. The van der Waals surface area contributed by atoms with Crippen LogP contribution in [0.25, 0.3) is 0 Å². The summed E-state index contributed by atoms with van der Waals surface area (Å²) < 4.78 is 0. The van der Waals surface area contributed by atoms with Gasteiger partial charge in [-0.3, -0.25) is 4.79 Å². The molecule has 0 bridgehead atoms. The van der Waals surface area contributed by atoms with Gasteiger partial charge in [-0.1, -0.05) is 6.58 Å². The van der Waals surface area contributed by atoms with E-state index in [0.29, 0.717) is 25.6 Å². The Bertz CT molecular complexity index is 352. The van der Waals surface area contributed by atoms with E-state index in [1.165, 1.54) is 11.0 Å². The van der Waals surface area contributed by atoms with Gasteiger partial charge in [0.1, 0.15) is 0 Å². The van der Waals surface area contributed by atoms with E-state index in [2.05, 4.69) is 6.58 Å². The van der Waals surface area contributed by atoms with Gasteiger partial charge in [0.05, 0.1) is 0 Å². The summed E-state index contributed by atoms with van der Waals surface area (Å²) in [4.78, 5) is 26.0. The first kappa shape index (κ1) is 15.5. The third kappa shape index (κ3) is 4.26. The molecule has 1 saturated heterocycles. The standard InChI is InChI=1S/C14H24N2O3/c1-5-12(17)15-8-6-11(7-9-15)10-16(13(18)19)14(2,3)4/h5,11H,1,6-10H2,2-4H3,(H,18,19). The lowest BCUT2D eigenvalue weighted by Crippen LogP contribution is -2.49. The van der Waals surface area contributed by atoms with Crippen LogP contribution in [0.5, 0.6) is 0 Å². The van der Waals surface area contributed by atoms with Crippen molar-refractivity contribution in [1.29, 1.82) is 0 Å². The number of nitrogens with zero attached hydrogens (tertiary/aromatic N) is 2. The molecule has 0 aromatic carbocycles. The van der Waals surface area contributed by atoms with Crippen molar-refractivity contribution in [3.63, 3.8) is 0 Å². The van der Waals surface area contributed by atoms with Crippen LogP contribution in [-0.2, 0) is 4.79 Å². The van der Waals surface area contributed by atoms with Crippen LogP contribution >= 0.6 is 0 Å². The monoisotopic (exact) mass is 268 g/mol. The highest BCUT2D eigenvalue weighted by molar-refractivity contribution is 5.87. The lowest BCUT2D eigenvalue weighted by molar-refractivity contribution is -0.127. The first-order chi connectivity index (χ1) is 8.75. The summed E-state index contributed by atoms with van der Waals surface area (Å²) in [6.45, 7) is 11.1. The highest BCUT2D eigenvalue weighted by Crippen LogP contribution is 2.23. The van der Waals surface area contributed by atoms with E-state index in [0.717, 1.165) is 12.8 Å². The molecule has 19 heavy (non-hydrogen) atoms. The van der Waals surface area contributed by atoms with Crippen LogP contribution in [0.4, 0.5) is 4.79 Å². The average molecular weight is 268 g/mol. The molecule has 0 saturated carbocycles. The number of piperidine rings is 1. The maximum absolute atomic E-state index is 11.5. The van der Waals surface area contributed by atoms with Crippen molar-refractivity contribution >= 4 is 12.0 Å². The van der Waals surface area contributed by atoms with Crippen molar-refractivity contribution in [2.45, 2.75) is 39.2 Å². The Kier molecular flexibility index (Phi) is 4.97. The largest absolute Gasteiger partial charge is 0.465 e. The molecule has 1 fully saturated rings. The van der Waals surface area contributed by atoms with Crippen LogP contribution < -0.4 is 0 Å². The molecule has 1 heterocycles. The molecule has 0 spiro atoms. The SMILES string of the molecule is C=CC(=O)N1CCC(CN(C(=O)O)C(C)(C)C)CC1. The molecule has 0 unspecified atom stereocenters. The minimum absolute atomic E-state index is 0.0376. The summed E-state index contributed by atoms with van der Waals surface area (Å²) in [7, 11) is 0. The zero-order valence-electron chi connectivity index (χ0n) is 12.1. The van der Waals surface area contributed by atoms with Gasteiger partial charge in [0.2, 0.25) is 5.91 Å². The van der Waals surface area contributed by atoms with Crippen molar-refractivity contribution in [2.75, 3.05) is 19.6 Å². The topological polar surface area (TPSA) is 60.9 Å². The van der Waals surface area contributed by atoms with Crippen molar-refractivity contribution < 1.29 is 14.7 Å². The van der Waals surface area contributed by atoms with E-state index < -0.39 is 6.09 Å². The number of carboxylic acid groups (broad SMARTS) is 1. The number of hydrogen-bond acceptors (Lipinski definition) is 2. The molecule has 1 aliphatic rings. The average Bonchev–Trinajstić information content (AvgIpc) is 2.34. The number of rotatable bonds is 3. The predicted octanol–water partition coefficient (Wildman–Crippen LogP) is 2.19. The number of likely N-dealkylation sites (tertiary alicyclic amines) is 1. The van der Waals surface area contributed by atoms with Gasteiger partial charge in [-0.05, 0) is 45.6 Å². The molecule has 1 aliphatic heterocycles. The summed E-state index contributed by atoms with van der Waals surface area (Å²) in [6, 6.07) is 0. The fraction of sp³-hybridized carbons (Fsp3) is 0.714. The second-order valence-corrected chi connectivity index (χ2v) is 6.04. The Morgan fingerprint density at radius 3 is 2.26 bits per heavy atom. The molecule has 0 aliphatic carbocycles. The normalized spacial score (nSPS) is 17.1. The number of amides is 2. The maximum Gasteiger partial charge on any atom is 0.407 e. The summed E-state index contributed by atoms with van der Waals surface area (Å²) in [5.74, 6) is 0.286. The van der Waals surface area contributed by atoms with Gasteiger partial charge in [0.15, 0.2) is 0 Å². The smallest absolute Gasteiger partial charge is 0.407 e. The maximum atomic E-state index is 11.5. The molecule has 2 amide bonds. The van der Waals surface area contributed by atoms with Gasteiger partial charge in [-0.25, -0.2) is 4.79 Å². The fourth-order valence-corrected chi connectivity index (χ4v) is 2.36. The summed E-state index contributed by atoms with van der Waals surface area (Å²) >= 11 is 0. The van der Waals surface area contributed by atoms with Gasteiger partial charge in [0.25, 0.3) is 0 Å². The zero-order valence-corrected chi connectivity index (χ0v) is 12.1. The van der Waals surface area contributed by atoms with E-state index in [-0.39, 0.29) is 11.4 Å². The molecule has 0 atom stereocenters. The Morgan fingerprint density at radius 1 is 1.37 bits per heavy atom. The van der Waals surface area contributed by atoms with Crippen LogP contribution in [0.2, 0.25) is 0 Å². The number of carbonyl (C=O) groups is 2. The molecule has 0 radical (unpaired) electrons. The van der Waals surface area contributed by atoms with Crippen LogP contribution in [0, 0.1) is 5.92 Å². The van der Waals surface area contributed by atoms with E-state index in [9.17, 15) is 14.7 Å². The predicted molar refractivity (Wildman–Crippen MR) is 74.0 cm³/mol. The van der Waals surface area contributed by atoms with Crippen LogP contribution in [0.1, 0.15) is 33.6 Å². The molecule has 5 nitrogen and oxygen atoms in total. The van der Waals surface area contributed by atoms with Gasteiger partial charge in [-0.15, -0.1) is 0 Å². The highest BCUT2D eigenvalue weighted by Gasteiger charge is 2.30. The fourth-order valence-electron chi connectivity index (χ4n) is 2.36. The molecule has 5 heteroatoms. The Balaban J connectivity index is 2.54. The Labute approximate surface area is 114 Å². The molecular weight excluding hydrogens is 244 g/mol. The molecular formula is C14H24N2O3. The number of carbonyl (C=O) groups excluding carboxylic acids is 1. The van der Waals surface area contributed by atoms with Crippen molar-refractivity contribution in [1.82, 2.24) is 9.80 Å². The van der Waals surface area contributed by atoms with Gasteiger partial charge in [0, 0.05) is 25.2 Å². The first-order valence-corrected chi connectivity index (χ1v) is 6.67. The lowest BCUT2D eigenvalue weighted by atomic mass is 9.94. The number of hydrogen-bond donors (Lipinski definition) is 1. The van der Waals surface area contributed by atoms with Gasteiger partial charge < -0.3 is 14.9 Å². The minimum Gasteiger partial charge on any atom is -0.465 e. The molecule has 1 N–H and O–H groups in total. The Hall–Kier alpha value is -1.52. The van der Waals surface area contributed by atoms with Crippen LogP contribution in [0.3, 0.4) is 0 Å². The third-order valence-corrected chi connectivity index (χ3v) is 3.58. The van der Waals surface area contributed by atoms with E-state index in [1.807, 2.05) is 20.8 Å². The Morgan fingerprint density at radius 2 is 1.89 bits per heavy atom. The highest BCUT2D eigenvalue weighted by atomic mass is 16.4. The summed E-state index contributed by atoms with van der Waals surface area (Å²) in [5, 5.41) is 9.27. The second kappa shape index (κ2) is 6.08. The quantitative estimate of drug-likeness (QED) is 0.798. The van der Waals surface area contributed by atoms with Crippen molar-refractivity contribution in [3.8, 4) is 0 Å². The summed E-state index contributed by atoms with van der Waals surface area (Å²) in [6.07, 6.45) is 2.15. The van der Waals surface area contributed by atoms with Crippen molar-refractivity contribution in [3.05, 3.63) is 12.7 Å². The molecule has 0 aromatic heterocycles. The summed E-state index contributed by atoms with van der Waals surface area (Å²) in [5.41, 5.74) is -0.389. The van der Waals surface area contributed by atoms with E-state index >= 15 is 0 Å². The molecule has 108 valence electrons. The van der Waals surface area contributed by atoms with E-state index in [4.69, 9.17) is 0 Å². The second-order valence-electron chi connectivity index (χ2n) is 6.04. The van der Waals surface area contributed by atoms with Crippen LogP contribution in [-0.4, -0.2) is 52.1 Å². The molecule has 0 aromatic rings. The van der Waals surface area contributed by atoms with Crippen molar-refractivity contribution in [2.24, 2.45) is 5.92 Å². The van der Waals surface area contributed by atoms with E-state index in [1.54, 1.807) is 4.90 Å². The van der Waals surface area contributed by atoms with Crippen LogP contribution in [0.15, 0.2) is 12.7 Å².